The SMILES string of the molecule is CN(C)[C@H]1CC[C@@H](c2cccc(C(F)(F)F)c2)C[C@@H]1Nc1cc(F)c(S(=O)(=O)Cc2ccncn2)cc1Cl.CN(C)[C@H]1CC[C@H](c2cccc(C(F)(F)F)c2)C[C@@H]1Nc1cc(F)c(S(=O)(=O)Cc2ccncn2)cc1Cl. The molecule has 2 saturated carbocycles. The Morgan fingerprint density at radius 1 is 0.566 bits per heavy atom. The quantitative estimate of drug-likeness (QED) is 0.0999. The Morgan fingerprint density at radius 3 is 1.28 bits per heavy atom. The fourth-order valence-corrected chi connectivity index (χ4v) is 13.2. The van der Waals surface area contributed by atoms with E-state index in [1.807, 2.05) is 38.0 Å². The van der Waals surface area contributed by atoms with E-state index in [0.29, 0.717) is 49.7 Å². The van der Waals surface area contributed by atoms with Crippen LogP contribution in [0.3, 0.4) is 0 Å². The largest absolute Gasteiger partial charge is 0.416 e. The summed E-state index contributed by atoms with van der Waals surface area (Å²) < 4.78 is 161. The molecule has 24 heteroatoms. The van der Waals surface area contributed by atoms with Crippen molar-refractivity contribution in [1.29, 1.82) is 0 Å². The van der Waals surface area contributed by atoms with E-state index < -0.39 is 76.1 Å². The van der Waals surface area contributed by atoms with Crippen molar-refractivity contribution >= 4 is 54.3 Å². The molecule has 6 aromatic rings. The van der Waals surface area contributed by atoms with E-state index in [1.54, 1.807) is 12.1 Å². The van der Waals surface area contributed by atoms with E-state index >= 15 is 8.78 Å². The van der Waals surface area contributed by atoms with Crippen LogP contribution in [0.4, 0.5) is 46.5 Å². The lowest BCUT2D eigenvalue weighted by atomic mass is 9.78. The van der Waals surface area contributed by atoms with Gasteiger partial charge in [0.25, 0.3) is 0 Å². The summed E-state index contributed by atoms with van der Waals surface area (Å²) in [5, 5.41) is 6.53. The zero-order chi connectivity index (χ0) is 55.3. The van der Waals surface area contributed by atoms with Gasteiger partial charge in [0, 0.05) is 36.6 Å². The van der Waals surface area contributed by atoms with E-state index in [-0.39, 0.29) is 68.8 Å². The molecule has 8 rings (SSSR count). The number of hydrogen-bond donors (Lipinski definition) is 2. The summed E-state index contributed by atoms with van der Waals surface area (Å²) in [7, 11) is -0.567. The number of likely N-dealkylation sites (N-methyl/N-ethyl adjacent to an activating group) is 2. The Kier molecular flexibility index (Phi) is 18.4. The van der Waals surface area contributed by atoms with Crippen LogP contribution < -0.4 is 10.6 Å². The summed E-state index contributed by atoms with van der Waals surface area (Å²) in [6.45, 7) is 0. The maximum absolute atomic E-state index is 15.1. The molecule has 2 fully saturated rings. The normalized spacial score (nSPS) is 20.5. The second kappa shape index (κ2) is 24.0. The minimum Gasteiger partial charge on any atom is -0.379 e. The second-order valence-corrected chi connectivity index (χ2v) is 24.0. The third kappa shape index (κ3) is 14.5. The van der Waals surface area contributed by atoms with Gasteiger partial charge in [0.15, 0.2) is 19.7 Å². The fourth-order valence-electron chi connectivity index (χ4n) is 9.91. The van der Waals surface area contributed by atoms with Gasteiger partial charge in [-0.05, 0) is 138 Å². The van der Waals surface area contributed by atoms with Crippen molar-refractivity contribution in [1.82, 2.24) is 29.7 Å². The molecule has 2 heterocycles. The topological polar surface area (TPSA) is 150 Å². The molecule has 2 aromatic heterocycles. The maximum atomic E-state index is 15.1. The van der Waals surface area contributed by atoms with Crippen molar-refractivity contribution in [3.63, 3.8) is 0 Å². The van der Waals surface area contributed by atoms with Crippen LogP contribution in [0.15, 0.2) is 120 Å². The summed E-state index contributed by atoms with van der Waals surface area (Å²) in [6.07, 6.45) is 0.0517. The zero-order valence-corrected chi connectivity index (χ0v) is 44.6. The van der Waals surface area contributed by atoms with Crippen LogP contribution >= 0.6 is 23.2 Å². The van der Waals surface area contributed by atoms with Crippen molar-refractivity contribution in [2.75, 3.05) is 38.8 Å². The highest BCUT2D eigenvalue weighted by atomic mass is 35.5. The number of nitrogens with zero attached hydrogens (tertiary/aromatic N) is 6. The summed E-state index contributed by atoms with van der Waals surface area (Å²) in [6, 6.07) is 17.2. The molecular weight excluding hydrogens is 1090 g/mol. The van der Waals surface area contributed by atoms with Gasteiger partial charge in [-0.3, -0.25) is 0 Å². The third-order valence-corrected chi connectivity index (χ3v) is 17.6. The highest BCUT2D eigenvalue weighted by Gasteiger charge is 2.38. The number of rotatable bonds is 14. The van der Waals surface area contributed by atoms with E-state index in [4.69, 9.17) is 23.2 Å². The second-order valence-electron chi connectivity index (χ2n) is 19.3. The predicted molar refractivity (Wildman–Crippen MR) is 275 cm³/mol. The smallest absolute Gasteiger partial charge is 0.379 e. The molecule has 2 aliphatic rings. The van der Waals surface area contributed by atoms with Gasteiger partial charge in [0.05, 0.1) is 55.4 Å². The number of aromatic nitrogens is 4. The lowest BCUT2D eigenvalue weighted by molar-refractivity contribution is -0.138. The summed E-state index contributed by atoms with van der Waals surface area (Å²) in [5.41, 5.74) is 0.651. The number of anilines is 2. The minimum absolute atomic E-state index is 0.00245. The average Bonchev–Trinajstić information content (AvgIpc) is 3.36. The first kappa shape index (κ1) is 58.2. The molecule has 0 unspecified atom stereocenters. The van der Waals surface area contributed by atoms with Gasteiger partial charge >= 0.3 is 12.4 Å². The first-order valence-electron chi connectivity index (χ1n) is 23.8. The molecule has 6 atom stereocenters. The van der Waals surface area contributed by atoms with Gasteiger partial charge in [-0.25, -0.2) is 45.6 Å². The molecule has 0 radical (unpaired) electrons. The first-order chi connectivity index (χ1) is 35.7. The van der Waals surface area contributed by atoms with Gasteiger partial charge in [-0.15, -0.1) is 0 Å². The Balaban J connectivity index is 0.000000221. The standard InChI is InChI=1S/2C26H27ClF4N4O2S/c2*1-35(2)24-7-6-17(16-4-3-5-18(10-16)26(29,30)31)11-23(24)34-22-13-21(28)25(12-20(22)27)38(36,37)14-19-8-9-32-15-33-19/h2*3-5,8-10,12-13,15,17,23-24,34H,6-7,11,14H2,1-2H3/t17-,23+,24+;17-,23-,24-/m10/s1. The molecule has 0 aliphatic heterocycles. The van der Waals surface area contributed by atoms with Gasteiger partial charge in [-0.1, -0.05) is 59.6 Å². The van der Waals surface area contributed by atoms with Crippen LogP contribution in [0, 0.1) is 11.6 Å². The summed E-state index contributed by atoms with van der Waals surface area (Å²) >= 11 is 12.8. The molecule has 0 spiro atoms. The van der Waals surface area contributed by atoms with Gasteiger partial charge in [0.1, 0.15) is 34.1 Å². The lowest BCUT2D eigenvalue weighted by Crippen LogP contribution is -2.47. The highest BCUT2D eigenvalue weighted by Crippen LogP contribution is 2.42. The van der Waals surface area contributed by atoms with E-state index in [1.165, 1.54) is 61.4 Å². The van der Waals surface area contributed by atoms with Crippen LogP contribution in [-0.2, 0) is 43.5 Å². The number of hydrogen-bond acceptors (Lipinski definition) is 12. The molecule has 0 amide bonds. The Hall–Kier alpha value is -5.52. The van der Waals surface area contributed by atoms with E-state index in [2.05, 4.69) is 30.6 Å². The monoisotopic (exact) mass is 1140 g/mol. The van der Waals surface area contributed by atoms with Gasteiger partial charge in [-0.2, -0.15) is 26.3 Å². The van der Waals surface area contributed by atoms with Crippen LogP contribution in [-0.4, -0.2) is 98.9 Å². The Bertz CT molecular complexity index is 2990. The predicted octanol–water partition coefficient (Wildman–Crippen LogP) is 11.9. The third-order valence-electron chi connectivity index (χ3n) is 13.7. The van der Waals surface area contributed by atoms with Crippen molar-refractivity contribution in [3.05, 3.63) is 165 Å². The van der Waals surface area contributed by atoms with E-state index in [0.717, 1.165) is 36.4 Å². The number of nitrogens with one attached hydrogen (secondary N) is 2. The summed E-state index contributed by atoms with van der Waals surface area (Å²) in [5.74, 6) is -3.25. The zero-order valence-electron chi connectivity index (χ0n) is 41.4. The fraction of sp³-hybridized carbons (Fsp3) is 0.385. The molecule has 0 saturated heterocycles. The van der Waals surface area contributed by atoms with E-state index in [9.17, 15) is 43.2 Å². The van der Waals surface area contributed by atoms with Crippen LogP contribution in [0.25, 0.3) is 0 Å². The van der Waals surface area contributed by atoms with Crippen molar-refractivity contribution in [2.24, 2.45) is 0 Å². The molecular formula is C52H54Cl2F8N8O4S2. The van der Waals surface area contributed by atoms with Crippen LogP contribution in [0.5, 0.6) is 0 Å². The molecule has 408 valence electrons. The number of benzene rings is 4. The summed E-state index contributed by atoms with van der Waals surface area (Å²) in [4.78, 5) is 18.2. The molecule has 76 heavy (non-hydrogen) atoms. The molecule has 2 N–H and O–H groups in total. The van der Waals surface area contributed by atoms with Crippen LogP contribution in [0.1, 0.15) is 84.0 Å². The van der Waals surface area contributed by atoms with Crippen molar-refractivity contribution < 1.29 is 52.0 Å². The van der Waals surface area contributed by atoms with Gasteiger partial charge in [0.2, 0.25) is 0 Å². The molecule has 2 aliphatic carbocycles. The van der Waals surface area contributed by atoms with Crippen molar-refractivity contribution in [3.8, 4) is 0 Å². The molecule has 4 aromatic carbocycles. The lowest BCUT2D eigenvalue weighted by Gasteiger charge is -2.41. The number of alkyl halides is 6. The first-order valence-corrected chi connectivity index (χ1v) is 27.9. The Labute approximate surface area is 446 Å². The van der Waals surface area contributed by atoms with Gasteiger partial charge < -0.3 is 20.4 Å². The van der Waals surface area contributed by atoms with Crippen molar-refractivity contribution in [2.45, 2.75) is 108 Å². The van der Waals surface area contributed by atoms with Crippen LogP contribution in [0.2, 0.25) is 10.0 Å². The number of halogens is 10. The highest BCUT2D eigenvalue weighted by molar-refractivity contribution is 7.91. The number of sulfone groups is 2. The Morgan fingerprint density at radius 2 is 0.947 bits per heavy atom. The molecule has 0 bridgehead atoms. The average molecular weight is 1140 g/mol. The minimum atomic E-state index is -4.44. The maximum Gasteiger partial charge on any atom is 0.416 e. The molecule has 12 nitrogen and oxygen atoms in total.